The number of carbonyl (C=O) groups is 4. The second kappa shape index (κ2) is 15.0. The quantitative estimate of drug-likeness (QED) is 0.197. The molecule has 10 heteroatoms. The molecule has 1 rings (SSSR count). The topological polar surface area (TPSA) is 177 Å². The van der Waals surface area contributed by atoms with Gasteiger partial charge in [0.25, 0.3) is 0 Å². The molecule has 0 aliphatic heterocycles. The molecule has 0 spiro atoms. The molecule has 1 aromatic rings. The normalized spacial score (nSPS) is 14.5. The largest absolute Gasteiger partial charge is 0.480 e. The zero-order chi connectivity index (χ0) is 25.7. The minimum atomic E-state index is -1.17. The second-order valence-electron chi connectivity index (χ2n) is 8.91. The zero-order valence-corrected chi connectivity index (χ0v) is 20.3. The fourth-order valence-corrected chi connectivity index (χ4v) is 3.36. The Balaban J connectivity index is 2.98. The molecule has 3 amide bonds. The first-order valence-corrected chi connectivity index (χ1v) is 11.7. The van der Waals surface area contributed by atoms with Crippen molar-refractivity contribution in [3.8, 4) is 0 Å². The molecule has 10 nitrogen and oxygen atoms in total. The van der Waals surface area contributed by atoms with Crippen LogP contribution in [-0.4, -0.2) is 59.5 Å². The van der Waals surface area contributed by atoms with Gasteiger partial charge in [-0.3, -0.25) is 14.4 Å². The molecule has 0 aliphatic carbocycles. The number of carboxylic acid groups (broad SMARTS) is 1. The van der Waals surface area contributed by atoms with Crippen molar-refractivity contribution >= 4 is 23.7 Å². The molecule has 0 fully saturated rings. The average molecular weight is 478 g/mol. The van der Waals surface area contributed by atoms with Crippen molar-refractivity contribution in [2.45, 2.75) is 77.0 Å². The maximum absolute atomic E-state index is 13.0. The molecular weight excluding hydrogens is 438 g/mol. The number of carboxylic acids is 1. The van der Waals surface area contributed by atoms with Crippen molar-refractivity contribution in [3.63, 3.8) is 0 Å². The van der Waals surface area contributed by atoms with Crippen molar-refractivity contribution in [1.82, 2.24) is 16.0 Å². The molecular formula is C24H39N5O5. The van der Waals surface area contributed by atoms with Crippen LogP contribution in [0, 0.1) is 5.92 Å². The van der Waals surface area contributed by atoms with Gasteiger partial charge >= 0.3 is 5.97 Å². The van der Waals surface area contributed by atoms with Gasteiger partial charge in [0.1, 0.15) is 18.1 Å². The lowest BCUT2D eigenvalue weighted by Gasteiger charge is -2.26. The van der Waals surface area contributed by atoms with E-state index in [1.165, 1.54) is 6.92 Å². The molecule has 0 bridgehead atoms. The molecule has 1 aromatic carbocycles. The van der Waals surface area contributed by atoms with E-state index in [1.807, 2.05) is 19.9 Å². The van der Waals surface area contributed by atoms with Crippen molar-refractivity contribution < 1.29 is 24.3 Å². The molecule has 0 aliphatic rings. The predicted octanol–water partition coefficient (Wildman–Crippen LogP) is 0.290. The Morgan fingerprint density at radius 2 is 1.41 bits per heavy atom. The standard InChI is InChI=1S/C24H39N5O5/c1-15(2)13-19(28-21(30)16(3)26)23(32)27-18(11-7-8-12-25)22(31)29-20(24(33)34)14-17-9-5-4-6-10-17/h4-6,9-10,15-16,18-20H,7-8,11-14,25-26H2,1-3H3,(H,27,32)(H,28,30)(H,29,31)(H,33,34). The molecule has 0 heterocycles. The molecule has 0 saturated carbocycles. The summed E-state index contributed by atoms with van der Waals surface area (Å²) < 4.78 is 0. The number of amides is 3. The SMILES string of the molecule is CC(C)CC(NC(=O)C(C)N)C(=O)NC(CCCCN)C(=O)NC(Cc1ccccc1)C(=O)O. The maximum atomic E-state index is 13.0. The van der Waals surface area contributed by atoms with E-state index in [0.717, 1.165) is 5.56 Å². The minimum Gasteiger partial charge on any atom is -0.480 e. The van der Waals surface area contributed by atoms with Gasteiger partial charge < -0.3 is 32.5 Å². The van der Waals surface area contributed by atoms with Gasteiger partial charge in [0.15, 0.2) is 0 Å². The van der Waals surface area contributed by atoms with E-state index in [1.54, 1.807) is 24.3 Å². The minimum absolute atomic E-state index is 0.0934. The number of rotatable bonds is 15. The van der Waals surface area contributed by atoms with Crippen LogP contribution >= 0.6 is 0 Å². The summed E-state index contributed by atoms with van der Waals surface area (Å²) in [6.45, 7) is 5.76. The number of aliphatic carboxylic acids is 1. The summed E-state index contributed by atoms with van der Waals surface area (Å²) in [4.78, 5) is 49.9. The molecule has 4 atom stereocenters. The van der Waals surface area contributed by atoms with Gasteiger partial charge in [0, 0.05) is 6.42 Å². The maximum Gasteiger partial charge on any atom is 0.326 e. The lowest BCUT2D eigenvalue weighted by atomic mass is 10.0. The first-order chi connectivity index (χ1) is 16.0. The monoisotopic (exact) mass is 477 g/mol. The molecule has 0 radical (unpaired) electrons. The Hall–Kier alpha value is -2.98. The zero-order valence-electron chi connectivity index (χ0n) is 20.3. The molecule has 0 saturated heterocycles. The van der Waals surface area contributed by atoms with Crippen LogP contribution in [0.15, 0.2) is 30.3 Å². The highest BCUT2D eigenvalue weighted by Gasteiger charge is 2.30. The van der Waals surface area contributed by atoms with Gasteiger partial charge in [0.05, 0.1) is 6.04 Å². The van der Waals surface area contributed by atoms with Gasteiger partial charge in [-0.1, -0.05) is 44.2 Å². The lowest BCUT2D eigenvalue weighted by Crippen LogP contribution is -2.57. The van der Waals surface area contributed by atoms with Gasteiger partial charge in [0.2, 0.25) is 17.7 Å². The van der Waals surface area contributed by atoms with E-state index in [0.29, 0.717) is 25.8 Å². The van der Waals surface area contributed by atoms with Crippen LogP contribution in [0.4, 0.5) is 0 Å². The summed E-state index contributed by atoms with van der Waals surface area (Å²) in [6.07, 6.45) is 1.94. The average Bonchev–Trinajstić information content (AvgIpc) is 2.77. The van der Waals surface area contributed by atoms with E-state index < -0.39 is 47.9 Å². The number of unbranched alkanes of at least 4 members (excludes halogenated alkanes) is 1. The fourth-order valence-electron chi connectivity index (χ4n) is 3.36. The van der Waals surface area contributed by atoms with Crippen molar-refractivity contribution in [2.75, 3.05) is 6.54 Å². The Morgan fingerprint density at radius 1 is 0.853 bits per heavy atom. The Morgan fingerprint density at radius 3 is 1.94 bits per heavy atom. The van der Waals surface area contributed by atoms with Crippen molar-refractivity contribution in [2.24, 2.45) is 17.4 Å². The molecule has 0 aromatic heterocycles. The molecule has 4 unspecified atom stereocenters. The summed E-state index contributed by atoms with van der Waals surface area (Å²) >= 11 is 0. The Bertz CT molecular complexity index is 800. The number of nitrogens with two attached hydrogens (primary N) is 2. The number of hydrogen-bond acceptors (Lipinski definition) is 6. The van der Waals surface area contributed by atoms with Gasteiger partial charge in [-0.2, -0.15) is 0 Å². The van der Waals surface area contributed by atoms with E-state index >= 15 is 0 Å². The summed E-state index contributed by atoms with van der Waals surface area (Å²) in [5.41, 5.74) is 11.9. The third-order valence-corrected chi connectivity index (χ3v) is 5.23. The van der Waals surface area contributed by atoms with Gasteiger partial charge in [-0.15, -0.1) is 0 Å². The third-order valence-electron chi connectivity index (χ3n) is 5.23. The molecule has 8 N–H and O–H groups in total. The highest BCUT2D eigenvalue weighted by Crippen LogP contribution is 2.09. The van der Waals surface area contributed by atoms with Crippen LogP contribution in [0.2, 0.25) is 0 Å². The van der Waals surface area contributed by atoms with Crippen LogP contribution in [0.1, 0.15) is 52.0 Å². The number of nitrogens with one attached hydrogen (secondary N) is 3. The van der Waals surface area contributed by atoms with Gasteiger partial charge in [-0.05, 0) is 50.6 Å². The predicted molar refractivity (Wildman–Crippen MR) is 130 cm³/mol. The summed E-state index contributed by atoms with van der Waals surface area (Å²) in [5.74, 6) is -2.68. The highest BCUT2D eigenvalue weighted by atomic mass is 16.4. The van der Waals surface area contributed by atoms with Crippen LogP contribution < -0.4 is 27.4 Å². The van der Waals surface area contributed by atoms with Crippen molar-refractivity contribution in [1.29, 1.82) is 0 Å². The fraction of sp³-hybridized carbons (Fsp3) is 0.583. The smallest absolute Gasteiger partial charge is 0.326 e. The summed E-state index contributed by atoms with van der Waals surface area (Å²) in [7, 11) is 0. The Labute approximate surface area is 201 Å². The molecule has 190 valence electrons. The van der Waals surface area contributed by atoms with E-state index in [9.17, 15) is 24.3 Å². The highest BCUT2D eigenvalue weighted by molar-refractivity contribution is 5.94. The van der Waals surface area contributed by atoms with Crippen LogP contribution in [0.3, 0.4) is 0 Å². The lowest BCUT2D eigenvalue weighted by molar-refractivity contribution is -0.142. The van der Waals surface area contributed by atoms with E-state index in [-0.39, 0.29) is 18.8 Å². The van der Waals surface area contributed by atoms with Crippen molar-refractivity contribution in [3.05, 3.63) is 35.9 Å². The van der Waals surface area contributed by atoms with E-state index in [4.69, 9.17) is 11.5 Å². The number of carbonyl (C=O) groups excluding carboxylic acids is 3. The second-order valence-corrected chi connectivity index (χ2v) is 8.91. The number of hydrogen-bond donors (Lipinski definition) is 6. The number of benzene rings is 1. The third kappa shape index (κ3) is 10.8. The first kappa shape index (κ1) is 29.1. The van der Waals surface area contributed by atoms with Crippen LogP contribution in [0.5, 0.6) is 0 Å². The Kier molecular flexibility index (Phi) is 12.8. The summed E-state index contributed by atoms with van der Waals surface area (Å²) in [5, 5.41) is 17.5. The van der Waals surface area contributed by atoms with E-state index in [2.05, 4.69) is 16.0 Å². The first-order valence-electron chi connectivity index (χ1n) is 11.7. The summed E-state index contributed by atoms with van der Waals surface area (Å²) in [6, 6.07) is 5.16. The van der Waals surface area contributed by atoms with Gasteiger partial charge in [-0.25, -0.2) is 4.79 Å². The van der Waals surface area contributed by atoms with Crippen LogP contribution in [0.25, 0.3) is 0 Å². The van der Waals surface area contributed by atoms with Crippen LogP contribution in [-0.2, 0) is 25.6 Å². The molecule has 34 heavy (non-hydrogen) atoms.